The largest absolute Gasteiger partial charge is 0.468 e. The van der Waals surface area contributed by atoms with Crippen molar-refractivity contribution >= 4 is 29.3 Å². The molecule has 0 saturated carbocycles. The average molecular weight is 466 g/mol. The van der Waals surface area contributed by atoms with E-state index in [0.29, 0.717) is 40.7 Å². The van der Waals surface area contributed by atoms with Gasteiger partial charge in [0.1, 0.15) is 5.76 Å². The summed E-state index contributed by atoms with van der Waals surface area (Å²) in [7, 11) is 0. The summed E-state index contributed by atoms with van der Waals surface area (Å²) in [5.74, 6) is -0.685. The van der Waals surface area contributed by atoms with Gasteiger partial charge in [0.15, 0.2) is 0 Å². The van der Waals surface area contributed by atoms with E-state index >= 15 is 0 Å². The van der Waals surface area contributed by atoms with Gasteiger partial charge in [-0.3, -0.25) is 4.79 Å². The molecule has 0 radical (unpaired) electrons. The molecule has 7 nitrogen and oxygen atoms in total. The number of amides is 1. The summed E-state index contributed by atoms with van der Waals surface area (Å²) >= 11 is 1.25. The Morgan fingerprint density at radius 2 is 1.88 bits per heavy atom. The monoisotopic (exact) mass is 465 g/mol. The van der Waals surface area contributed by atoms with E-state index in [1.54, 1.807) is 24.0 Å². The molecule has 2 heterocycles. The fraction of sp³-hybridized carbons (Fsp3) is 0.320. The molecule has 1 aromatic carbocycles. The zero-order chi connectivity index (χ0) is 23.8. The first-order valence-electron chi connectivity index (χ1n) is 10.9. The molecule has 1 N–H and O–H groups in total. The summed E-state index contributed by atoms with van der Waals surface area (Å²) in [5, 5.41) is 13.9. The van der Waals surface area contributed by atoms with E-state index in [1.165, 1.54) is 18.0 Å². The van der Waals surface area contributed by atoms with Crippen LogP contribution in [0.25, 0.3) is 5.70 Å². The third-order valence-electron chi connectivity index (χ3n) is 5.29. The summed E-state index contributed by atoms with van der Waals surface area (Å²) in [6, 6.07) is 15.1. The number of dihydropyridines is 1. The predicted octanol–water partition coefficient (Wildman–Crippen LogP) is 4.28. The second-order valence-electron chi connectivity index (χ2n) is 7.16. The molecule has 1 aromatic heterocycles. The number of nitrogens with one attached hydrogen (secondary N) is 1. The minimum atomic E-state index is -0.758. The van der Waals surface area contributed by atoms with Crippen LogP contribution in [0, 0.1) is 11.3 Å². The summed E-state index contributed by atoms with van der Waals surface area (Å²) in [4.78, 5) is 27.5. The number of hydrogen-bond acceptors (Lipinski definition) is 7. The highest BCUT2D eigenvalue weighted by Gasteiger charge is 2.39. The Kier molecular flexibility index (Phi) is 8.39. The van der Waals surface area contributed by atoms with Gasteiger partial charge >= 0.3 is 5.97 Å². The second kappa shape index (κ2) is 11.4. The number of hydrogen-bond donors (Lipinski definition) is 1. The van der Waals surface area contributed by atoms with Crippen molar-refractivity contribution in [3.05, 3.63) is 76.2 Å². The van der Waals surface area contributed by atoms with Crippen molar-refractivity contribution in [3.63, 3.8) is 0 Å². The van der Waals surface area contributed by atoms with E-state index in [9.17, 15) is 14.9 Å². The number of allylic oxidation sites excluding steroid dienone is 1. The zero-order valence-electron chi connectivity index (χ0n) is 19.0. The average Bonchev–Trinajstić information content (AvgIpc) is 3.37. The van der Waals surface area contributed by atoms with Crippen LogP contribution in [0.2, 0.25) is 0 Å². The van der Waals surface area contributed by atoms with Crippen molar-refractivity contribution in [2.24, 2.45) is 0 Å². The number of benzene rings is 1. The van der Waals surface area contributed by atoms with E-state index in [1.807, 2.05) is 44.2 Å². The summed E-state index contributed by atoms with van der Waals surface area (Å²) in [5.41, 5.74) is 1.91. The topological polar surface area (TPSA) is 95.6 Å². The van der Waals surface area contributed by atoms with Gasteiger partial charge in [0, 0.05) is 13.1 Å². The molecule has 1 aliphatic heterocycles. The maximum Gasteiger partial charge on any atom is 0.337 e. The van der Waals surface area contributed by atoms with Crippen LogP contribution in [-0.2, 0) is 14.3 Å². The molecular weight excluding hydrogens is 438 g/mol. The van der Waals surface area contributed by atoms with Crippen molar-refractivity contribution in [2.45, 2.75) is 26.7 Å². The Balaban J connectivity index is 2.12. The molecule has 172 valence electrons. The Bertz CT molecular complexity index is 1080. The lowest BCUT2D eigenvalue weighted by Gasteiger charge is -2.29. The molecule has 1 atom stereocenters. The Hall–Kier alpha value is -3.44. The van der Waals surface area contributed by atoms with Crippen molar-refractivity contribution in [2.75, 3.05) is 25.4 Å². The highest BCUT2D eigenvalue weighted by Crippen LogP contribution is 2.43. The van der Waals surface area contributed by atoms with E-state index in [-0.39, 0.29) is 18.3 Å². The second-order valence-corrected chi connectivity index (χ2v) is 8.14. The molecule has 0 aliphatic carbocycles. The number of esters is 1. The van der Waals surface area contributed by atoms with Crippen LogP contribution in [0.5, 0.6) is 0 Å². The lowest BCUT2D eigenvalue weighted by molar-refractivity contribution is -0.138. The van der Waals surface area contributed by atoms with Crippen molar-refractivity contribution < 1.29 is 18.7 Å². The van der Waals surface area contributed by atoms with Crippen molar-refractivity contribution in [1.29, 1.82) is 5.26 Å². The number of thioether (sulfide) groups is 1. The highest BCUT2D eigenvalue weighted by molar-refractivity contribution is 8.03. The van der Waals surface area contributed by atoms with Crippen LogP contribution < -0.4 is 5.32 Å². The van der Waals surface area contributed by atoms with Crippen LogP contribution in [0.4, 0.5) is 0 Å². The first-order valence-corrected chi connectivity index (χ1v) is 11.9. The van der Waals surface area contributed by atoms with Gasteiger partial charge in [0.2, 0.25) is 5.91 Å². The van der Waals surface area contributed by atoms with E-state index in [0.717, 1.165) is 5.56 Å². The standard InChI is InChI=1S/C25H27N3O4S/c1-4-28(5-2)20(29)16-33-24-18(15-26)21(19-13-10-14-32-19)22(25(30)31-6-3)23(27-24)17-11-8-7-9-12-17/h7-14,21,27H,4-6,16H2,1-3H3. The van der Waals surface area contributed by atoms with E-state index in [4.69, 9.17) is 9.15 Å². The maximum atomic E-state index is 13.1. The molecule has 1 aliphatic rings. The molecule has 0 spiro atoms. The molecule has 0 bridgehead atoms. The Morgan fingerprint density at radius 1 is 1.15 bits per heavy atom. The fourth-order valence-corrected chi connectivity index (χ4v) is 4.64. The highest BCUT2D eigenvalue weighted by atomic mass is 32.2. The van der Waals surface area contributed by atoms with Crippen molar-refractivity contribution in [1.82, 2.24) is 10.2 Å². The van der Waals surface area contributed by atoms with E-state index in [2.05, 4.69) is 11.4 Å². The van der Waals surface area contributed by atoms with Gasteiger partial charge in [-0.05, 0) is 38.5 Å². The molecule has 0 fully saturated rings. The van der Waals surface area contributed by atoms with Gasteiger partial charge in [0.05, 0.1) is 52.5 Å². The van der Waals surface area contributed by atoms with Crippen LogP contribution in [0.15, 0.2) is 69.3 Å². The maximum absolute atomic E-state index is 13.1. The number of carbonyl (C=O) groups is 2. The first-order chi connectivity index (χ1) is 16.0. The lowest BCUT2D eigenvalue weighted by Crippen LogP contribution is -2.33. The number of ether oxygens (including phenoxy) is 1. The molecule has 3 rings (SSSR count). The number of nitrogens with zero attached hydrogens (tertiary/aromatic N) is 2. The number of nitriles is 1. The van der Waals surface area contributed by atoms with Gasteiger partial charge in [0.25, 0.3) is 0 Å². The quantitative estimate of drug-likeness (QED) is 0.552. The number of furan rings is 1. The number of rotatable bonds is 9. The smallest absolute Gasteiger partial charge is 0.337 e. The van der Waals surface area contributed by atoms with E-state index < -0.39 is 11.9 Å². The van der Waals surface area contributed by atoms with Gasteiger partial charge in [-0.1, -0.05) is 42.1 Å². The minimum Gasteiger partial charge on any atom is -0.468 e. The predicted molar refractivity (Wildman–Crippen MR) is 128 cm³/mol. The van der Waals surface area contributed by atoms with Crippen LogP contribution in [-0.4, -0.2) is 42.2 Å². The molecule has 33 heavy (non-hydrogen) atoms. The number of carbonyl (C=O) groups excluding carboxylic acids is 2. The fourth-order valence-electron chi connectivity index (χ4n) is 3.70. The Morgan fingerprint density at radius 3 is 2.45 bits per heavy atom. The molecule has 0 saturated heterocycles. The van der Waals surface area contributed by atoms with Crippen LogP contribution >= 0.6 is 11.8 Å². The van der Waals surface area contributed by atoms with Gasteiger partial charge < -0.3 is 19.4 Å². The third kappa shape index (κ3) is 5.32. The minimum absolute atomic E-state index is 0.0208. The zero-order valence-corrected chi connectivity index (χ0v) is 19.8. The summed E-state index contributed by atoms with van der Waals surface area (Å²) < 4.78 is 11.0. The summed E-state index contributed by atoms with van der Waals surface area (Å²) in [6.07, 6.45) is 1.51. The molecule has 8 heteroatoms. The van der Waals surface area contributed by atoms with Crippen molar-refractivity contribution in [3.8, 4) is 6.07 Å². The van der Waals surface area contributed by atoms with Gasteiger partial charge in [-0.25, -0.2) is 4.79 Å². The normalized spacial score (nSPS) is 15.6. The van der Waals surface area contributed by atoms with Gasteiger partial charge in [-0.2, -0.15) is 5.26 Å². The summed E-state index contributed by atoms with van der Waals surface area (Å²) in [6.45, 7) is 7.02. The Labute approximate surface area is 198 Å². The first kappa shape index (κ1) is 24.2. The SMILES string of the molecule is CCOC(=O)C1=C(c2ccccc2)NC(SCC(=O)N(CC)CC)=C(C#N)C1c1ccco1. The molecule has 1 amide bonds. The molecule has 2 aromatic rings. The molecule has 1 unspecified atom stereocenters. The van der Waals surface area contributed by atoms with Gasteiger partial charge in [-0.15, -0.1) is 0 Å². The lowest BCUT2D eigenvalue weighted by atomic mass is 9.84. The van der Waals surface area contributed by atoms with Crippen LogP contribution in [0.3, 0.4) is 0 Å². The third-order valence-corrected chi connectivity index (χ3v) is 6.29. The van der Waals surface area contributed by atoms with Crippen LogP contribution in [0.1, 0.15) is 38.0 Å². The molecular formula is C25H27N3O4S.